The summed E-state index contributed by atoms with van der Waals surface area (Å²) in [5.74, 6) is 1.10. The third-order valence-electron chi connectivity index (χ3n) is 3.22. The molecule has 2 aromatic carbocycles. The van der Waals surface area contributed by atoms with Gasteiger partial charge in [-0.15, -0.1) is 0 Å². The molecule has 0 saturated heterocycles. The number of methoxy groups -OCH3 is 1. The van der Waals surface area contributed by atoms with Gasteiger partial charge in [-0.3, -0.25) is 0 Å². The van der Waals surface area contributed by atoms with Gasteiger partial charge in [-0.25, -0.2) is 0 Å². The van der Waals surface area contributed by atoms with Crippen molar-refractivity contribution >= 4 is 5.69 Å². The van der Waals surface area contributed by atoms with Crippen molar-refractivity contribution in [1.29, 1.82) is 0 Å². The summed E-state index contributed by atoms with van der Waals surface area (Å²) in [5.41, 5.74) is 3.00. The molecule has 0 bridgehead atoms. The molecule has 0 aliphatic carbocycles. The molecule has 112 valence electrons. The lowest BCUT2D eigenvalue weighted by Gasteiger charge is -2.15. The number of nitrogens with zero attached hydrogens (tertiary/aromatic N) is 1. The molecule has 0 radical (unpaired) electrons. The fourth-order valence-corrected chi connectivity index (χ4v) is 2.21. The summed E-state index contributed by atoms with van der Waals surface area (Å²) < 4.78 is 5.39. The van der Waals surface area contributed by atoms with Crippen molar-refractivity contribution < 1.29 is 9.84 Å². The lowest BCUT2D eigenvalue weighted by atomic mass is 10.1. The van der Waals surface area contributed by atoms with Crippen LogP contribution in [-0.2, 0) is 13.1 Å². The minimum absolute atomic E-state index is 0.299. The molecule has 0 heterocycles. The van der Waals surface area contributed by atoms with Crippen LogP contribution in [0.3, 0.4) is 0 Å². The Morgan fingerprint density at radius 2 is 1.90 bits per heavy atom. The Hall–Kier alpha value is -2.20. The molecule has 0 unspecified atom stereocenters. The van der Waals surface area contributed by atoms with Gasteiger partial charge in [0, 0.05) is 18.7 Å². The van der Waals surface area contributed by atoms with E-state index in [1.807, 2.05) is 38.4 Å². The molecular formula is C17H22N2O2. The maximum atomic E-state index is 9.81. The van der Waals surface area contributed by atoms with E-state index in [-0.39, 0.29) is 0 Å². The van der Waals surface area contributed by atoms with Crippen molar-refractivity contribution in [2.75, 3.05) is 26.5 Å². The van der Waals surface area contributed by atoms with Crippen LogP contribution in [0, 0.1) is 0 Å². The van der Waals surface area contributed by atoms with Crippen LogP contribution in [-0.4, -0.2) is 31.2 Å². The minimum atomic E-state index is 0.299. The molecule has 4 heteroatoms. The highest BCUT2D eigenvalue weighted by atomic mass is 16.5. The number of ether oxygens (including phenoxy) is 1. The first-order chi connectivity index (χ1) is 10.1. The van der Waals surface area contributed by atoms with Gasteiger partial charge in [0.1, 0.15) is 11.5 Å². The van der Waals surface area contributed by atoms with E-state index < -0.39 is 0 Å². The summed E-state index contributed by atoms with van der Waals surface area (Å²) >= 11 is 0. The van der Waals surface area contributed by atoms with Gasteiger partial charge < -0.3 is 20.1 Å². The van der Waals surface area contributed by atoms with Gasteiger partial charge in [-0.05, 0) is 37.9 Å². The van der Waals surface area contributed by atoms with E-state index in [1.165, 1.54) is 5.56 Å². The van der Waals surface area contributed by atoms with Gasteiger partial charge in [-0.2, -0.15) is 0 Å². The zero-order valence-corrected chi connectivity index (χ0v) is 12.8. The smallest absolute Gasteiger partial charge is 0.141 e. The largest absolute Gasteiger partial charge is 0.508 e. The third kappa shape index (κ3) is 4.13. The molecule has 0 fully saturated rings. The Bertz CT molecular complexity index is 597. The Labute approximate surface area is 126 Å². The van der Waals surface area contributed by atoms with Crippen LogP contribution in [0.1, 0.15) is 11.1 Å². The molecular weight excluding hydrogens is 264 g/mol. The quantitative estimate of drug-likeness (QED) is 0.856. The second kappa shape index (κ2) is 6.99. The highest BCUT2D eigenvalue weighted by Crippen LogP contribution is 2.27. The highest BCUT2D eigenvalue weighted by Gasteiger charge is 2.06. The van der Waals surface area contributed by atoms with Crippen molar-refractivity contribution in [2.24, 2.45) is 0 Å². The number of aromatic hydroxyl groups is 1. The van der Waals surface area contributed by atoms with Crippen LogP contribution in [0.2, 0.25) is 0 Å². The van der Waals surface area contributed by atoms with Crippen LogP contribution >= 0.6 is 0 Å². The van der Waals surface area contributed by atoms with Crippen LogP contribution in [0.4, 0.5) is 5.69 Å². The normalized spacial score (nSPS) is 10.7. The molecule has 0 aliphatic heterocycles. The predicted octanol–water partition coefficient (Wildman–Crippen LogP) is 3.07. The van der Waals surface area contributed by atoms with E-state index in [4.69, 9.17) is 4.74 Å². The second-order valence-corrected chi connectivity index (χ2v) is 5.25. The first kappa shape index (κ1) is 15.2. The van der Waals surface area contributed by atoms with Crippen LogP contribution in [0.15, 0.2) is 42.5 Å². The van der Waals surface area contributed by atoms with E-state index in [1.54, 1.807) is 13.2 Å². The number of rotatable bonds is 6. The topological polar surface area (TPSA) is 44.7 Å². The average molecular weight is 286 g/mol. The lowest BCUT2D eigenvalue weighted by molar-refractivity contribution is 0.400. The molecule has 2 N–H and O–H groups in total. The molecule has 4 nitrogen and oxygen atoms in total. The average Bonchev–Trinajstić information content (AvgIpc) is 2.46. The molecule has 0 atom stereocenters. The Morgan fingerprint density at radius 1 is 1.14 bits per heavy atom. The monoisotopic (exact) mass is 286 g/mol. The lowest BCUT2D eigenvalue weighted by Crippen LogP contribution is -2.11. The number of hydrogen-bond acceptors (Lipinski definition) is 4. The Kier molecular flexibility index (Phi) is 5.06. The maximum absolute atomic E-state index is 9.81. The summed E-state index contributed by atoms with van der Waals surface area (Å²) in [6.45, 7) is 1.42. The SMILES string of the molecule is COc1ccc(CN(C)C)cc1NCc1ccccc1O. The maximum Gasteiger partial charge on any atom is 0.141 e. The number of phenolic OH excluding ortho intramolecular Hbond substituents is 1. The molecule has 21 heavy (non-hydrogen) atoms. The predicted molar refractivity (Wildman–Crippen MR) is 85.8 cm³/mol. The molecule has 0 aliphatic rings. The summed E-state index contributed by atoms with van der Waals surface area (Å²) in [6, 6.07) is 13.4. The number of nitrogens with one attached hydrogen (secondary N) is 1. The highest BCUT2D eigenvalue weighted by molar-refractivity contribution is 5.58. The van der Waals surface area contributed by atoms with Crippen molar-refractivity contribution in [3.63, 3.8) is 0 Å². The minimum Gasteiger partial charge on any atom is -0.508 e. The summed E-state index contributed by atoms with van der Waals surface area (Å²) in [4.78, 5) is 2.12. The van der Waals surface area contributed by atoms with Crippen molar-refractivity contribution in [2.45, 2.75) is 13.1 Å². The number of phenols is 1. The second-order valence-electron chi connectivity index (χ2n) is 5.25. The summed E-state index contributed by atoms with van der Waals surface area (Å²) in [6.07, 6.45) is 0. The molecule has 0 spiro atoms. The third-order valence-corrected chi connectivity index (χ3v) is 3.22. The van der Waals surface area contributed by atoms with Gasteiger partial charge in [0.05, 0.1) is 12.8 Å². The van der Waals surface area contributed by atoms with Crippen molar-refractivity contribution in [1.82, 2.24) is 4.90 Å². The fourth-order valence-electron chi connectivity index (χ4n) is 2.21. The first-order valence-electron chi connectivity index (χ1n) is 6.92. The van der Waals surface area contributed by atoms with Gasteiger partial charge in [0.2, 0.25) is 0 Å². The van der Waals surface area contributed by atoms with Gasteiger partial charge >= 0.3 is 0 Å². The Balaban J connectivity index is 2.15. The molecule has 0 amide bonds. The number of benzene rings is 2. The van der Waals surface area contributed by atoms with Crippen LogP contribution in [0.5, 0.6) is 11.5 Å². The van der Waals surface area contributed by atoms with E-state index in [0.29, 0.717) is 12.3 Å². The van der Waals surface area contributed by atoms with Gasteiger partial charge in [0.25, 0.3) is 0 Å². The fraction of sp³-hybridized carbons (Fsp3) is 0.294. The van der Waals surface area contributed by atoms with Crippen LogP contribution in [0.25, 0.3) is 0 Å². The van der Waals surface area contributed by atoms with Crippen molar-refractivity contribution in [3.8, 4) is 11.5 Å². The zero-order chi connectivity index (χ0) is 15.2. The van der Waals surface area contributed by atoms with E-state index in [2.05, 4.69) is 22.3 Å². The number of hydrogen-bond donors (Lipinski definition) is 2. The van der Waals surface area contributed by atoms with E-state index >= 15 is 0 Å². The van der Waals surface area contributed by atoms with Gasteiger partial charge in [0.15, 0.2) is 0 Å². The molecule has 0 aromatic heterocycles. The summed E-state index contributed by atoms with van der Waals surface area (Å²) in [5, 5.41) is 13.1. The first-order valence-corrected chi connectivity index (χ1v) is 6.92. The summed E-state index contributed by atoms with van der Waals surface area (Å²) in [7, 11) is 5.74. The van der Waals surface area contributed by atoms with Crippen LogP contribution < -0.4 is 10.1 Å². The van der Waals surface area contributed by atoms with E-state index in [9.17, 15) is 5.11 Å². The number of anilines is 1. The molecule has 2 aromatic rings. The van der Waals surface area contributed by atoms with E-state index in [0.717, 1.165) is 23.5 Å². The molecule has 0 saturated carbocycles. The van der Waals surface area contributed by atoms with Crippen molar-refractivity contribution in [3.05, 3.63) is 53.6 Å². The number of para-hydroxylation sites is 1. The molecule has 2 rings (SSSR count). The Morgan fingerprint density at radius 3 is 2.57 bits per heavy atom. The standard InChI is InChI=1S/C17H22N2O2/c1-19(2)12-13-8-9-17(21-3)15(10-13)18-11-14-6-4-5-7-16(14)20/h4-10,18,20H,11-12H2,1-3H3. The van der Waals surface area contributed by atoms with Gasteiger partial charge in [-0.1, -0.05) is 24.3 Å². The zero-order valence-electron chi connectivity index (χ0n) is 12.8.